The summed E-state index contributed by atoms with van der Waals surface area (Å²) in [5.41, 5.74) is 0.331. The number of carboxylic acids is 1. The van der Waals surface area contributed by atoms with Gasteiger partial charge in [-0.1, -0.05) is 39.5 Å². The van der Waals surface area contributed by atoms with Crippen LogP contribution >= 0.6 is 0 Å². The Morgan fingerprint density at radius 2 is 1.59 bits per heavy atom. The lowest BCUT2D eigenvalue weighted by molar-refractivity contribution is -0.145. The topological polar surface area (TPSA) is 103 Å². The molecule has 0 heterocycles. The number of methoxy groups -OCH3 is 2. The fourth-order valence-electron chi connectivity index (χ4n) is 3.28. The van der Waals surface area contributed by atoms with Crippen LogP contribution in [0.1, 0.15) is 52.4 Å². The van der Waals surface area contributed by atoms with Crippen molar-refractivity contribution in [2.75, 3.05) is 26.1 Å². The Hall–Kier alpha value is -3.42. The number of ether oxygens (including phenoxy) is 4. The van der Waals surface area contributed by atoms with E-state index in [2.05, 4.69) is 12.2 Å². The lowest BCUT2D eigenvalue weighted by Crippen LogP contribution is -2.29. The molecule has 0 saturated carbocycles. The minimum absolute atomic E-state index is 0.272. The Balaban J connectivity index is 2.27. The summed E-state index contributed by atoms with van der Waals surface area (Å²) in [5.74, 6) is -0.546. The van der Waals surface area contributed by atoms with Gasteiger partial charge in [-0.25, -0.2) is 0 Å². The molecule has 1 unspecified atom stereocenters. The number of aliphatic carboxylic acids is 1. The van der Waals surface area contributed by atoms with Gasteiger partial charge in [0.2, 0.25) is 5.91 Å². The van der Waals surface area contributed by atoms with Gasteiger partial charge in [-0.05, 0) is 37.1 Å². The van der Waals surface area contributed by atoms with E-state index in [4.69, 9.17) is 18.9 Å². The zero-order valence-corrected chi connectivity index (χ0v) is 20.4. The first-order valence-corrected chi connectivity index (χ1v) is 11.6. The largest absolute Gasteiger partial charge is 0.497 e. The highest BCUT2D eigenvalue weighted by molar-refractivity contribution is 6.04. The van der Waals surface area contributed by atoms with Gasteiger partial charge in [0, 0.05) is 12.1 Å². The van der Waals surface area contributed by atoms with Gasteiger partial charge in [0.05, 0.1) is 26.5 Å². The van der Waals surface area contributed by atoms with Crippen LogP contribution in [0.25, 0.3) is 0 Å². The van der Waals surface area contributed by atoms with Crippen molar-refractivity contribution in [1.29, 1.82) is 0 Å². The van der Waals surface area contributed by atoms with E-state index in [0.29, 0.717) is 47.5 Å². The molecule has 0 fully saturated rings. The SMILES string of the molecule is CCCCCC(C(=O)O)C(=O)Nc1ccc(OC)cc1Oc1ccc(OCCCC)cc1OC. The summed E-state index contributed by atoms with van der Waals surface area (Å²) in [7, 11) is 3.05. The Morgan fingerprint density at radius 1 is 0.882 bits per heavy atom. The Morgan fingerprint density at radius 3 is 2.24 bits per heavy atom. The molecule has 2 N–H and O–H groups in total. The van der Waals surface area contributed by atoms with E-state index in [-0.39, 0.29) is 6.42 Å². The molecule has 2 aromatic rings. The molecule has 0 aliphatic heterocycles. The molecule has 1 atom stereocenters. The second kappa shape index (κ2) is 14.0. The van der Waals surface area contributed by atoms with Crippen LogP contribution in [0.3, 0.4) is 0 Å². The van der Waals surface area contributed by atoms with E-state index >= 15 is 0 Å². The van der Waals surface area contributed by atoms with Gasteiger partial charge in [0.15, 0.2) is 17.2 Å². The maximum Gasteiger partial charge on any atom is 0.316 e. The van der Waals surface area contributed by atoms with Crippen molar-refractivity contribution in [2.45, 2.75) is 52.4 Å². The van der Waals surface area contributed by atoms with Gasteiger partial charge < -0.3 is 29.4 Å². The quantitative estimate of drug-likeness (QED) is 0.245. The lowest BCUT2D eigenvalue weighted by atomic mass is 10.0. The summed E-state index contributed by atoms with van der Waals surface area (Å²) in [4.78, 5) is 24.5. The molecule has 0 aliphatic carbocycles. The first kappa shape index (κ1) is 26.8. The third kappa shape index (κ3) is 7.86. The van der Waals surface area contributed by atoms with E-state index in [1.165, 1.54) is 14.2 Å². The van der Waals surface area contributed by atoms with E-state index < -0.39 is 17.8 Å². The third-order valence-corrected chi connectivity index (χ3v) is 5.28. The van der Waals surface area contributed by atoms with Crippen molar-refractivity contribution in [3.8, 4) is 28.7 Å². The summed E-state index contributed by atoms with van der Waals surface area (Å²) in [6.45, 7) is 4.72. The van der Waals surface area contributed by atoms with Crippen LogP contribution < -0.4 is 24.3 Å². The van der Waals surface area contributed by atoms with Crippen molar-refractivity contribution in [3.05, 3.63) is 36.4 Å². The predicted octanol–water partition coefficient (Wildman–Crippen LogP) is 5.89. The van der Waals surface area contributed by atoms with Crippen LogP contribution in [0, 0.1) is 5.92 Å². The molecule has 186 valence electrons. The molecule has 0 radical (unpaired) electrons. The van der Waals surface area contributed by atoms with Crippen LogP contribution in [-0.2, 0) is 9.59 Å². The van der Waals surface area contributed by atoms with Crippen molar-refractivity contribution in [1.82, 2.24) is 0 Å². The lowest BCUT2D eigenvalue weighted by Gasteiger charge is -2.18. The smallest absolute Gasteiger partial charge is 0.316 e. The highest BCUT2D eigenvalue weighted by atomic mass is 16.5. The van der Waals surface area contributed by atoms with Crippen LogP contribution in [0.15, 0.2) is 36.4 Å². The highest BCUT2D eigenvalue weighted by Crippen LogP contribution is 2.39. The Labute approximate surface area is 201 Å². The molecule has 34 heavy (non-hydrogen) atoms. The summed E-state index contributed by atoms with van der Waals surface area (Å²) in [6.07, 6.45) is 4.72. The molecule has 0 saturated heterocycles. The summed E-state index contributed by atoms with van der Waals surface area (Å²) < 4.78 is 22.6. The number of carbonyl (C=O) groups is 2. The number of carbonyl (C=O) groups excluding carboxylic acids is 1. The van der Waals surface area contributed by atoms with Gasteiger partial charge >= 0.3 is 5.97 Å². The first-order valence-electron chi connectivity index (χ1n) is 11.6. The molecule has 2 aromatic carbocycles. The normalized spacial score (nSPS) is 11.4. The van der Waals surface area contributed by atoms with Gasteiger partial charge in [0.25, 0.3) is 0 Å². The minimum Gasteiger partial charge on any atom is -0.497 e. The number of benzene rings is 2. The van der Waals surface area contributed by atoms with E-state index in [0.717, 1.165) is 25.7 Å². The van der Waals surface area contributed by atoms with Crippen LogP contribution in [0.2, 0.25) is 0 Å². The summed E-state index contributed by atoms with van der Waals surface area (Å²) >= 11 is 0. The zero-order chi connectivity index (χ0) is 24.9. The predicted molar refractivity (Wildman–Crippen MR) is 130 cm³/mol. The van der Waals surface area contributed by atoms with Crippen LogP contribution in [0.4, 0.5) is 5.69 Å². The van der Waals surface area contributed by atoms with Gasteiger partial charge in [-0.3, -0.25) is 9.59 Å². The highest BCUT2D eigenvalue weighted by Gasteiger charge is 2.26. The number of hydrogen-bond acceptors (Lipinski definition) is 6. The molecule has 2 rings (SSSR count). The number of unbranched alkanes of at least 4 members (excludes halogenated alkanes) is 3. The van der Waals surface area contributed by atoms with Crippen molar-refractivity contribution < 1.29 is 33.6 Å². The molecule has 0 bridgehead atoms. The van der Waals surface area contributed by atoms with Crippen molar-refractivity contribution in [3.63, 3.8) is 0 Å². The Kier molecular flexibility index (Phi) is 11.0. The molecular weight excluding hydrogens is 438 g/mol. The van der Waals surface area contributed by atoms with E-state index in [1.807, 2.05) is 6.92 Å². The summed E-state index contributed by atoms with van der Waals surface area (Å²) in [6, 6.07) is 10.1. The average molecular weight is 474 g/mol. The minimum atomic E-state index is -1.15. The zero-order valence-electron chi connectivity index (χ0n) is 20.4. The van der Waals surface area contributed by atoms with Gasteiger partial charge in [-0.15, -0.1) is 0 Å². The summed E-state index contributed by atoms with van der Waals surface area (Å²) in [5, 5.41) is 12.2. The molecule has 8 heteroatoms. The van der Waals surface area contributed by atoms with Crippen molar-refractivity contribution in [2.24, 2.45) is 5.92 Å². The van der Waals surface area contributed by atoms with Gasteiger partial charge in [0.1, 0.15) is 17.4 Å². The van der Waals surface area contributed by atoms with Crippen molar-refractivity contribution >= 4 is 17.6 Å². The maximum absolute atomic E-state index is 12.8. The van der Waals surface area contributed by atoms with E-state index in [1.54, 1.807) is 36.4 Å². The molecule has 0 spiro atoms. The molecule has 0 aromatic heterocycles. The molecule has 0 aliphatic rings. The number of nitrogens with one attached hydrogen (secondary N) is 1. The van der Waals surface area contributed by atoms with Gasteiger partial charge in [-0.2, -0.15) is 0 Å². The molecule has 8 nitrogen and oxygen atoms in total. The number of amides is 1. The number of rotatable bonds is 15. The first-order chi connectivity index (χ1) is 16.4. The second-order valence-corrected chi connectivity index (χ2v) is 7.85. The number of carboxylic acid groups (broad SMARTS) is 1. The Bertz CT molecular complexity index is 945. The third-order valence-electron chi connectivity index (χ3n) is 5.28. The molecule has 1 amide bonds. The number of anilines is 1. The average Bonchev–Trinajstić information content (AvgIpc) is 2.83. The monoisotopic (exact) mass is 473 g/mol. The molecular formula is C26H35NO7. The fourth-order valence-corrected chi connectivity index (χ4v) is 3.28. The number of hydrogen-bond donors (Lipinski definition) is 2. The second-order valence-electron chi connectivity index (χ2n) is 7.85. The van der Waals surface area contributed by atoms with Crippen LogP contribution in [0.5, 0.6) is 28.7 Å². The standard InChI is InChI=1S/C26H35NO7/c1-5-7-9-10-20(26(29)30)25(28)27-21-13-11-18(31-3)16-23(21)34-22-14-12-19(17-24(22)32-4)33-15-8-6-2/h11-14,16-17,20H,5-10,15H2,1-4H3,(H,27,28)(H,29,30). The fraction of sp³-hybridized carbons (Fsp3) is 0.462. The van der Waals surface area contributed by atoms with Crippen LogP contribution in [-0.4, -0.2) is 37.8 Å². The van der Waals surface area contributed by atoms with E-state index in [9.17, 15) is 14.7 Å². The maximum atomic E-state index is 12.8.